The maximum Gasteiger partial charge on any atom is 0.0856 e. The SMILES string of the molecule is OCc1nc2ccncc2cc1CCC(O)CO. The summed E-state index contributed by atoms with van der Waals surface area (Å²) in [6.07, 6.45) is 3.65. The summed E-state index contributed by atoms with van der Waals surface area (Å²) in [6, 6.07) is 3.71. The molecule has 3 N–H and O–H groups in total. The largest absolute Gasteiger partial charge is 0.394 e. The van der Waals surface area contributed by atoms with Crippen molar-refractivity contribution in [3.8, 4) is 0 Å². The van der Waals surface area contributed by atoms with E-state index in [0.717, 1.165) is 16.5 Å². The summed E-state index contributed by atoms with van der Waals surface area (Å²) < 4.78 is 0. The summed E-state index contributed by atoms with van der Waals surface area (Å²) in [4.78, 5) is 8.39. The minimum atomic E-state index is -0.735. The van der Waals surface area contributed by atoms with Crippen molar-refractivity contribution in [2.75, 3.05) is 6.61 Å². The summed E-state index contributed by atoms with van der Waals surface area (Å²) in [7, 11) is 0. The molecule has 1 atom stereocenters. The lowest BCUT2D eigenvalue weighted by Crippen LogP contribution is -2.13. The van der Waals surface area contributed by atoms with Gasteiger partial charge in [0, 0.05) is 17.8 Å². The van der Waals surface area contributed by atoms with Crippen molar-refractivity contribution in [3.63, 3.8) is 0 Å². The Morgan fingerprint density at radius 3 is 2.83 bits per heavy atom. The van der Waals surface area contributed by atoms with E-state index in [1.165, 1.54) is 0 Å². The second kappa shape index (κ2) is 5.86. The smallest absolute Gasteiger partial charge is 0.0856 e. The Hall–Kier alpha value is -1.56. The number of rotatable bonds is 5. The van der Waals surface area contributed by atoms with Gasteiger partial charge in [0.15, 0.2) is 0 Å². The van der Waals surface area contributed by atoms with E-state index in [1.54, 1.807) is 18.5 Å². The Morgan fingerprint density at radius 1 is 1.28 bits per heavy atom. The first-order valence-corrected chi connectivity index (χ1v) is 5.87. The summed E-state index contributed by atoms with van der Waals surface area (Å²) in [5, 5.41) is 28.4. The molecule has 2 aromatic heterocycles. The fourth-order valence-corrected chi connectivity index (χ4v) is 1.87. The predicted octanol–water partition coefficient (Wildman–Crippen LogP) is 0.408. The molecular formula is C13H16N2O3. The van der Waals surface area contributed by atoms with Gasteiger partial charge in [-0.3, -0.25) is 4.98 Å². The molecule has 0 saturated carbocycles. The highest BCUT2D eigenvalue weighted by molar-refractivity contribution is 5.78. The number of aryl methyl sites for hydroxylation is 1. The van der Waals surface area contributed by atoms with Crippen LogP contribution in [0.4, 0.5) is 0 Å². The normalized spacial score (nSPS) is 12.8. The molecule has 0 bridgehead atoms. The average Bonchev–Trinajstić information content (AvgIpc) is 2.43. The first-order chi connectivity index (χ1) is 8.74. The van der Waals surface area contributed by atoms with Crippen LogP contribution in [-0.4, -0.2) is 38.0 Å². The van der Waals surface area contributed by atoms with Gasteiger partial charge in [-0.25, -0.2) is 4.98 Å². The van der Waals surface area contributed by atoms with Crippen molar-refractivity contribution in [2.24, 2.45) is 0 Å². The Morgan fingerprint density at radius 2 is 2.11 bits per heavy atom. The maximum absolute atomic E-state index is 9.35. The lowest BCUT2D eigenvalue weighted by atomic mass is 10.0. The predicted molar refractivity (Wildman–Crippen MR) is 66.9 cm³/mol. The zero-order valence-electron chi connectivity index (χ0n) is 9.95. The molecule has 1 unspecified atom stereocenters. The van der Waals surface area contributed by atoms with Gasteiger partial charge in [0.2, 0.25) is 0 Å². The molecule has 2 rings (SSSR count). The summed E-state index contributed by atoms with van der Waals surface area (Å²) in [6.45, 7) is -0.389. The fourth-order valence-electron chi connectivity index (χ4n) is 1.87. The number of nitrogens with zero attached hydrogens (tertiary/aromatic N) is 2. The molecule has 0 fully saturated rings. The van der Waals surface area contributed by atoms with Crippen LogP contribution in [-0.2, 0) is 13.0 Å². The number of aliphatic hydroxyl groups is 3. The van der Waals surface area contributed by atoms with Gasteiger partial charge < -0.3 is 15.3 Å². The van der Waals surface area contributed by atoms with Crippen molar-refractivity contribution in [1.82, 2.24) is 9.97 Å². The van der Waals surface area contributed by atoms with Crippen molar-refractivity contribution in [2.45, 2.75) is 25.6 Å². The van der Waals surface area contributed by atoms with Crippen LogP contribution in [0.5, 0.6) is 0 Å². The molecule has 0 saturated heterocycles. The quantitative estimate of drug-likeness (QED) is 0.713. The topological polar surface area (TPSA) is 86.5 Å². The fraction of sp³-hybridized carbons (Fsp3) is 0.385. The Bertz CT molecular complexity index is 531. The van der Waals surface area contributed by atoms with Crippen LogP contribution in [0.15, 0.2) is 24.5 Å². The number of aromatic nitrogens is 2. The zero-order chi connectivity index (χ0) is 13.0. The molecule has 0 radical (unpaired) electrons. The van der Waals surface area contributed by atoms with Crippen LogP contribution >= 0.6 is 0 Å². The van der Waals surface area contributed by atoms with Gasteiger partial charge in [-0.1, -0.05) is 0 Å². The van der Waals surface area contributed by atoms with E-state index in [2.05, 4.69) is 9.97 Å². The van der Waals surface area contributed by atoms with Crippen molar-refractivity contribution >= 4 is 10.9 Å². The highest BCUT2D eigenvalue weighted by atomic mass is 16.3. The molecule has 18 heavy (non-hydrogen) atoms. The Balaban J connectivity index is 2.30. The monoisotopic (exact) mass is 248 g/mol. The molecule has 0 amide bonds. The second-order valence-corrected chi connectivity index (χ2v) is 4.20. The van der Waals surface area contributed by atoms with Gasteiger partial charge in [-0.2, -0.15) is 0 Å². The number of pyridine rings is 2. The van der Waals surface area contributed by atoms with Crippen LogP contribution in [0, 0.1) is 0 Å². The van der Waals surface area contributed by atoms with Gasteiger partial charge in [-0.15, -0.1) is 0 Å². The maximum atomic E-state index is 9.35. The first kappa shape index (κ1) is 12.9. The van der Waals surface area contributed by atoms with Crippen LogP contribution in [0.3, 0.4) is 0 Å². The average molecular weight is 248 g/mol. The van der Waals surface area contributed by atoms with Crippen molar-refractivity contribution in [3.05, 3.63) is 35.8 Å². The van der Waals surface area contributed by atoms with Crippen LogP contribution in [0.1, 0.15) is 17.7 Å². The summed E-state index contributed by atoms with van der Waals surface area (Å²) in [5.74, 6) is 0. The molecule has 2 aromatic rings. The molecule has 0 aliphatic heterocycles. The zero-order valence-corrected chi connectivity index (χ0v) is 9.95. The molecule has 0 aromatic carbocycles. The molecule has 0 aliphatic rings. The minimum Gasteiger partial charge on any atom is -0.394 e. The first-order valence-electron chi connectivity index (χ1n) is 5.87. The van der Waals surface area contributed by atoms with Crippen LogP contribution in [0.2, 0.25) is 0 Å². The Labute approximate surface area is 105 Å². The standard InChI is InChI=1S/C13H16N2O3/c16-7-11(18)2-1-9-5-10-6-14-4-3-12(10)15-13(9)8-17/h3-6,11,16-18H,1-2,7-8H2. The summed E-state index contributed by atoms with van der Waals surface area (Å²) >= 11 is 0. The minimum absolute atomic E-state index is 0.136. The molecule has 2 heterocycles. The number of aliphatic hydroxyl groups excluding tert-OH is 3. The van der Waals surface area contributed by atoms with E-state index >= 15 is 0 Å². The Kier molecular flexibility index (Phi) is 4.19. The van der Waals surface area contributed by atoms with Gasteiger partial charge in [0.25, 0.3) is 0 Å². The third kappa shape index (κ3) is 2.81. The number of fused-ring (bicyclic) bond motifs is 1. The lowest BCUT2D eigenvalue weighted by molar-refractivity contribution is 0.0884. The number of hydrogen-bond acceptors (Lipinski definition) is 5. The van der Waals surface area contributed by atoms with Gasteiger partial charge in [0.1, 0.15) is 0 Å². The molecular weight excluding hydrogens is 232 g/mol. The van der Waals surface area contributed by atoms with Crippen molar-refractivity contribution in [1.29, 1.82) is 0 Å². The van der Waals surface area contributed by atoms with Crippen LogP contribution < -0.4 is 0 Å². The van der Waals surface area contributed by atoms with E-state index in [0.29, 0.717) is 18.5 Å². The summed E-state index contributed by atoms with van der Waals surface area (Å²) in [5.41, 5.74) is 2.28. The van der Waals surface area contributed by atoms with Crippen LogP contribution in [0.25, 0.3) is 10.9 Å². The molecule has 0 spiro atoms. The van der Waals surface area contributed by atoms with E-state index in [4.69, 9.17) is 5.11 Å². The van der Waals surface area contributed by atoms with Gasteiger partial charge in [-0.05, 0) is 30.5 Å². The third-order valence-corrected chi connectivity index (χ3v) is 2.89. The second-order valence-electron chi connectivity index (χ2n) is 4.20. The van der Waals surface area contributed by atoms with E-state index in [-0.39, 0.29) is 13.2 Å². The van der Waals surface area contributed by atoms with E-state index in [1.807, 2.05) is 6.07 Å². The highest BCUT2D eigenvalue weighted by Crippen LogP contribution is 2.18. The lowest BCUT2D eigenvalue weighted by Gasteiger charge is -2.10. The molecule has 5 heteroatoms. The van der Waals surface area contributed by atoms with Gasteiger partial charge >= 0.3 is 0 Å². The van der Waals surface area contributed by atoms with E-state index < -0.39 is 6.10 Å². The highest BCUT2D eigenvalue weighted by Gasteiger charge is 2.09. The van der Waals surface area contributed by atoms with Crippen molar-refractivity contribution < 1.29 is 15.3 Å². The number of hydrogen-bond donors (Lipinski definition) is 3. The van der Waals surface area contributed by atoms with E-state index in [9.17, 15) is 10.2 Å². The molecule has 5 nitrogen and oxygen atoms in total. The van der Waals surface area contributed by atoms with Gasteiger partial charge in [0.05, 0.1) is 30.5 Å². The third-order valence-electron chi connectivity index (χ3n) is 2.89. The molecule has 0 aliphatic carbocycles. The molecule has 96 valence electrons.